The first-order chi connectivity index (χ1) is 12.5. The van der Waals surface area contributed by atoms with Crippen molar-refractivity contribution in [2.45, 2.75) is 32.7 Å². The zero-order valence-corrected chi connectivity index (χ0v) is 18.0. The third-order valence-corrected chi connectivity index (χ3v) is 6.25. The average Bonchev–Trinajstić information content (AvgIpc) is 3.21. The Balaban J connectivity index is 1.46. The fraction of sp³-hybridized carbons (Fsp3) is 0.474. The van der Waals surface area contributed by atoms with E-state index >= 15 is 0 Å². The first kappa shape index (κ1) is 19.2. The molecule has 5 nitrogen and oxygen atoms in total. The molecule has 1 fully saturated rings. The summed E-state index contributed by atoms with van der Waals surface area (Å²) in [6.45, 7) is 7.07. The number of anilines is 1. The Kier molecular flexibility index (Phi) is 6.53. The molecule has 1 aliphatic rings. The molecule has 1 aromatic heterocycles. The lowest BCUT2D eigenvalue weighted by Crippen LogP contribution is -2.45. The van der Waals surface area contributed by atoms with Gasteiger partial charge in [0.05, 0.1) is 10.7 Å². The lowest BCUT2D eigenvalue weighted by atomic mass is 10.2. The molecule has 1 unspecified atom stereocenters. The highest BCUT2D eigenvalue weighted by Crippen LogP contribution is 2.22. The predicted octanol–water partition coefficient (Wildman–Crippen LogP) is 3.51. The Labute approximate surface area is 168 Å². The van der Waals surface area contributed by atoms with Crippen LogP contribution in [-0.4, -0.2) is 43.7 Å². The molecule has 3 rings (SSSR count). The second kappa shape index (κ2) is 8.86. The summed E-state index contributed by atoms with van der Waals surface area (Å²) in [6.07, 6.45) is 2.09. The number of benzene rings is 1. The van der Waals surface area contributed by atoms with Crippen LogP contribution in [0.15, 0.2) is 33.7 Å². The highest BCUT2D eigenvalue weighted by molar-refractivity contribution is 9.10. The number of nitrogens with one attached hydrogen (secondary N) is 2. The van der Waals surface area contributed by atoms with E-state index in [2.05, 4.69) is 79.6 Å². The molecule has 2 aromatic rings. The van der Waals surface area contributed by atoms with Crippen molar-refractivity contribution in [1.29, 1.82) is 0 Å². The van der Waals surface area contributed by atoms with Crippen LogP contribution in [-0.2, 0) is 6.42 Å². The summed E-state index contributed by atoms with van der Waals surface area (Å²) >= 11 is 5.28. The van der Waals surface area contributed by atoms with Gasteiger partial charge in [0.15, 0.2) is 5.96 Å². The van der Waals surface area contributed by atoms with Gasteiger partial charge in [-0.15, -0.1) is 11.3 Å². The van der Waals surface area contributed by atoms with Crippen LogP contribution >= 0.6 is 27.3 Å². The molecular weight excluding hydrogens is 410 g/mol. The number of hydrogen-bond acceptors (Lipinski definition) is 4. The zero-order valence-electron chi connectivity index (χ0n) is 15.6. The fourth-order valence-corrected chi connectivity index (χ4v) is 4.45. The van der Waals surface area contributed by atoms with Crippen LogP contribution < -0.4 is 15.5 Å². The highest BCUT2D eigenvalue weighted by Gasteiger charge is 2.23. The van der Waals surface area contributed by atoms with Crippen LogP contribution in [0.3, 0.4) is 0 Å². The Morgan fingerprint density at radius 3 is 2.77 bits per heavy atom. The summed E-state index contributed by atoms with van der Waals surface area (Å²) in [7, 11) is 1.83. The molecule has 2 N–H and O–H groups in total. The third-order valence-electron chi connectivity index (χ3n) is 4.59. The Morgan fingerprint density at radius 2 is 2.12 bits per heavy atom. The number of thiazole rings is 1. The van der Waals surface area contributed by atoms with Crippen molar-refractivity contribution in [1.82, 2.24) is 15.6 Å². The molecule has 1 atom stereocenters. The van der Waals surface area contributed by atoms with Gasteiger partial charge in [0.2, 0.25) is 0 Å². The maximum Gasteiger partial charge on any atom is 0.191 e. The van der Waals surface area contributed by atoms with E-state index in [9.17, 15) is 0 Å². The summed E-state index contributed by atoms with van der Waals surface area (Å²) < 4.78 is 1.12. The summed E-state index contributed by atoms with van der Waals surface area (Å²) in [5.41, 5.74) is 2.43. The van der Waals surface area contributed by atoms with E-state index < -0.39 is 0 Å². The molecule has 0 radical (unpaired) electrons. The number of aliphatic imine (C=N–C) groups is 1. The fourth-order valence-electron chi connectivity index (χ4n) is 3.25. The summed E-state index contributed by atoms with van der Waals surface area (Å²) in [5.74, 6) is 0.881. The van der Waals surface area contributed by atoms with Gasteiger partial charge in [-0.1, -0.05) is 15.9 Å². The number of nitrogens with zero attached hydrogens (tertiary/aromatic N) is 3. The summed E-state index contributed by atoms with van der Waals surface area (Å²) in [5, 5.41) is 8.13. The van der Waals surface area contributed by atoms with E-state index in [0.717, 1.165) is 53.6 Å². The SMILES string of the molecule is CN=C(NCCc1sc(C)nc1C)NC1CCN(c2ccc(Br)cc2)C1. The molecule has 1 saturated heterocycles. The van der Waals surface area contributed by atoms with Gasteiger partial charge >= 0.3 is 0 Å². The zero-order chi connectivity index (χ0) is 18.5. The lowest BCUT2D eigenvalue weighted by Gasteiger charge is -2.20. The second-order valence-electron chi connectivity index (χ2n) is 6.54. The largest absolute Gasteiger partial charge is 0.369 e. The van der Waals surface area contributed by atoms with E-state index in [-0.39, 0.29) is 0 Å². The molecule has 1 aromatic carbocycles. The quantitative estimate of drug-likeness (QED) is 0.557. The second-order valence-corrected chi connectivity index (χ2v) is 8.75. The van der Waals surface area contributed by atoms with Crippen molar-refractivity contribution in [2.24, 2.45) is 4.99 Å². The van der Waals surface area contributed by atoms with Gasteiger partial charge < -0.3 is 15.5 Å². The van der Waals surface area contributed by atoms with Gasteiger partial charge in [-0.25, -0.2) is 4.98 Å². The van der Waals surface area contributed by atoms with Crippen molar-refractivity contribution in [3.05, 3.63) is 44.3 Å². The number of aromatic nitrogens is 1. The van der Waals surface area contributed by atoms with Crippen LogP contribution in [0.2, 0.25) is 0 Å². The Hall–Kier alpha value is -1.60. The molecule has 0 bridgehead atoms. The lowest BCUT2D eigenvalue weighted by molar-refractivity contribution is 0.648. The van der Waals surface area contributed by atoms with Gasteiger partial charge in [0.25, 0.3) is 0 Å². The van der Waals surface area contributed by atoms with E-state index in [1.165, 1.54) is 10.6 Å². The smallest absolute Gasteiger partial charge is 0.191 e. The van der Waals surface area contributed by atoms with Crippen molar-refractivity contribution in [2.75, 3.05) is 31.6 Å². The van der Waals surface area contributed by atoms with Crippen LogP contribution in [0.1, 0.15) is 22.0 Å². The van der Waals surface area contributed by atoms with Crippen molar-refractivity contribution in [3.8, 4) is 0 Å². The molecule has 0 spiro atoms. The van der Waals surface area contributed by atoms with Crippen LogP contribution in [0.25, 0.3) is 0 Å². The summed E-state index contributed by atoms with van der Waals surface area (Å²) in [4.78, 5) is 12.6. The van der Waals surface area contributed by atoms with Gasteiger partial charge in [0.1, 0.15) is 0 Å². The molecule has 0 saturated carbocycles. The van der Waals surface area contributed by atoms with Gasteiger partial charge in [0, 0.05) is 54.2 Å². The van der Waals surface area contributed by atoms with E-state index in [1.807, 2.05) is 7.05 Å². The molecule has 1 aliphatic heterocycles. The van der Waals surface area contributed by atoms with E-state index in [1.54, 1.807) is 11.3 Å². The summed E-state index contributed by atoms with van der Waals surface area (Å²) in [6, 6.07) is 8.94. The normalized spacial score (nSPS) is 17.6. The first-order valence-electron chi connectivity index (χ1n) is 8.95. The van der Waals surface area contributed by atoms with Crippen molar-refractivity contribution < 1.29 is 0 Å². The number of hydrogen-bond donors (Lipinski definition) is 2. The minimum atomic E-state index is 0.414. The predicted molar refractivity (Wildman–Crippen MR) is 115 cm³/mol. The third kappa shape index (κ3) is 4.98. The number of guanidine groups is 1. The van der Waals surface area contributed by atoms with Crippen molar-refractivity contribution >= 4 is 38.9 Å². The van der Waals surface area contributed by atoms with Gasteiger partial charge in [-0.05, 0) is 44.5 Å². The molecule has 7 heteroatoms. The van der Waals surface area contributed by atoms with Gasteiger partial charge in [-0.2, -0.15) is 0 Å². The standard InChI is InChI=1S/C19H26BrN5S/c1-13-18(26-14(2)23-13)8-10-22-19(21-3)24-16-9-11-25(12-16)17-6-4-15(20)5-7-17/h4-7,16H,8-12H2,1-3H3,(H2,21,22,24). The number of rotatable bonds is 5. The van der Waals surface area contributed by atoms with Gasteiger partial charge in [-0.3, -0.25) is 4.99 Å². The molecule has 0 amide bonds. The monoisotopic (exact) mass is 435 g/mol. The molecule has 2 heterocycles. The maximum absolute atomic E-state index is 4.49. The van der Waals surface area contributed by atoms with Crippen LogP contribution in [0.5, 0.6) is 0 Å². The number of aryl methyl sites for hydroxylation is 2. The number of halogens is 1. The topological polar surface area (TPSA) is 52.6 Å². The first-order valence-corrected chi connectivity index (χ1v) is 10.6. The molecule has 140 valence electrons. The van der Waals surface area contributed by atoms with Crippen molar-refractivity contribution in [3.63, 3.8) is 0 Å². The highest BCUT2D eigenvalue weighted by atomic mass is 79.9. The Bertz CT molecular complexity index is 756. The van der Waals surface area contributed by atoms with E-state index in [4.69, 9.17) is 0 Å². The maximum atomic E-state index is 4.49. The van der Waals surface area contributed by atoms with E-state index in [0.29, 0.717) is 6.04 Å². The molecular formula is C19H26BrN5S. The van der Waals surface area contributed by atoms with Crippen LogP contribution in [0.4, 0.5) is 5.69 Å². The molecule has 26 heavy (non-hydrogen) atoms. The minimum Gasteiger partial charge on any atom is -0.369 e. The molecule has 0 aliphatic carbocycles. The Morgan fingerprint density at radius 1 is 1.35 bits per heavy atom. The minimum absolute atomic E-state index is 0.414. The van der Waals surface area contributed by atoms with Crippen LogP contribution in [0, 0.1) is 13.8 Å². The average molecular weight is 436 g/mol.